The van der Waals surface area contributed by atoms with Gasteiger partial charge in [0.1, 0.15) is 0 Å². The first-order chi connectivity index (χ1) is 7.69. The van der Waals surface area contributed by atoms with E-state index in [1.807, 2.05) is 6.07 Å². The first-order valence-corrected chi connectivity index (χ1v) is 5.94. The van der Waals surface area contributed by atoms with Crippen LogP contribution in [-0.4, -0.2) is 30.5 Å². The molecule has 0 unspecified atom stereocenters. The molecule has 0 heterocycles. The first kappa shape index (κ1) is 13.2. The van der Waals surface area contributed by atoms with Gasteiger partial charge in [0.15, 0.2) is 5.84 Å². The number of rotatable bonds is 5. The zero-order valence-corrected chi connectivity index (χ0v) is 10.4. The summed E-state index contributed by atoms with van der Waals surface area (Å²) in [6.07, 6.45) is 0. The molecule has 0 atom stereocenters. The number of nitrogens with two attached hydrogens (primary N) is 1. The van der Waals surface area contributed by atoms with Crippen LogP contribution in [0, 0.1) is 0 Å². The lowest BCUT2D eigenvalue weighted by atomic mass is 10.2. The second-order valence-electron chi connectivity index (χ2n) is 2.97. The molecule has 0 aliphatic rings. The summed E-state index contributed by atoms with van der Waals surface area (Å²) in [7, 11) is 1.65. The Morgan fingerprint density at radius 3 is 3.00 bits per heavy atom. The fourth-order valence-corrected chi connectivity index (χ4v) is 2.24. The smallest absolute Gasteiger partial charge is 0.171 e. The summed E-state index contributed by atoms with van der Waals surface area (Å²) in [6, 6.07) is 5.28. The number of thioether (sulfide) groups is 1. The topological polar surface area (TPSA) is 67.8 Å². The van der Waals surface area contributed by atoms with Crippen LogP contribution in [0.2, 0.25) is 5.02 Å². The quantitative estimate of drug-likeness (QED) is 0.213. The lowest BCUT2D eigenvalue weighted by Crippen LogP contribution is -2.14. The molecular weight excluding hydrogens is 248 g/mol. The van der Waals surface area contributed by atoms with E-state index in [0.29, 0.717) is 17.2 Å². The second-order valence-corrected chi connectivity index (χ2v) is 4.54. The molecule has 0 aliphatic heterocycles. The molecule has 0 bridgehead atoms. The molecule has 0 aromatic heterocycles. The van der Waals surface area contributed by atoms with Crippen LogP contribution >= 0.6 is 23.4 Å². The number of hydrogen-bond acceptors (Lipinski definition) is 4. The van der Waals surface area contributed by atoms with Gasteiger partial charge in [-0.1, -0.05) is 16.8 Å². The van der Waals surface area contributed by atoms with Gasteiger partial charge in [-0.3, -0.25) is 0 Å². The van der Waals surface area contributed by atoms with Crippen LogP contribution in [0.25, 0.3) is 0 Å². The Morgan fingerprint density at radius 2 is 2.38 bits per heavy atom. The average Bonchev–Trinajstić information content (AvgIpc) is 2.30. The van der Waals surface area contributed by atoms with Gasteiger partial charge in [-0.15, -0.1) is 11.8 Å². The Balaban J connectivity index is 2.89. The summed E-state index contributed by atoms with van der Waals surface area (Å²) >= 11 is 7.42. The SMILES string of the molecule is COCCSc1ccc(Cl)cc1C(N)=NO. The highest BCUT2D eigenvalue weighted by atomic mass is 35.5. The fraction of sp³-hybridized carbons (Fsp3) is 0.300. The maximum atomic E-state index is 8.66. The monoisotopic (exact) mass is 260 g/mol. The Labute approximate surface area is 103 Å². The number of methoxy groups -OCH3 is 1. The lowest BCUT2D eigenvalue weighted by molar-refractivity contribution is 0.218. The molecule has 6 heteroatoms. The predicted octanol–water partition coefficient (Wildman–Crippen LogP) is 2.17. The van der Waals surface area contributed by atoms with Gasteiger partial charge in [-0.25, -0.2) is 0 Å². The van der Waals surface area contributed by atoms with E-state index in [1.54, 1.807) is 31.0 Å². The van der Waals surface area contributed by atoms with Crippen LogP contribution in [0.5, 0.6) is 0 Å². The van der Waals surface area contributed by atoms with Crippen molar-refractivity contribution in [3.63, 3.8) is 0 Å². The van der Waals surface area contributed by atoms with Crippen molar-refractivity contribution < 1.29 is 9.94 Å². The van der Waals surface area contributed by atoms with Crippen molar-refractivity contribution in [1.82, 2.24) is 0 Å². The summed E-state index contributed by atoms with van der Waals surface area (Å²) in [5, 5.41) is 12.2. The van der Waals surface area contributed by atoms with Crippen LogP contribution in [-0.2, 0) is 4.74 Å². The Kier molecular flexibility index (Phi) is 5.45. The van der Waals surface area contributed by atoms with E-state index in [9.17, 15) is 0 Å². The maximum Gasteiger partial charge on any atom is 0.171 e. The third-order valence-corrected chi connectivity index (χ3v) is 3.14. The molecule has 3 N–H and O–H groups in total. The van der Waals surface area contributed by atoms with E-state index in [1.165, 1.54) is 0 Å². The number of oxime groups is 1. The van der Waals surface area contributed by atoms with E-state index in [2.05, 4.69) is 5.16 Å². The molecule has 0 amide bonds. The molecule has 0 saturated carbocycles. The molecule has 4 nitrogen and oxygen atoms in total. The predicted molar refractivity (Wildman–Crippen MR) is 66.6 cm³/mol. The van der Waals surface area contributed by atoms with Crippen molar-refractivity contribution in [2.75, 3.05) is 19.5 Å². The number of amidine groups is 1. The Morgan fingerprint density at radius 1 is 1.62 bits per heavy atom. The number of nitrogens with zero attached hydrogens (tertiary/aromatic N) is 1. The van der Waals surface area contributed by atoms with Gasteiger partial charge in [0.05, 0.1) is 6.61 Å². The zero-order chi connectivity index (χ0) is 12.0. The molecule has 0 radical (unpaired) electrons. The van der Waals surface area contributed by atoms with Gasteiger partial charge in [-0.2, -0.15) is 0 Å². The Bertz CT molecular complexity index is 385. The van der Waals surface area contributed by atoms with Gasteiger partial charge in [-0.05, 0) is 18.2 Å². The summed E-state index contributed by atoms with van der Waals surface area (Å²) in [6.45, 7) is 0.642. The van der Waals surface area contributed by atoms with Crippen molar-refractivity contribution >= 4 is 29.2 Å². The summed E-state index contributed by atoms with van der Waals surface area (Å²) in [4.78, 5) is 0.914. The number of benzene rings is 1. The standard InChI is InChI=1S/C10H13ClN2O2S/c1-15-4-5-16-9-3-2-7(11)6-8(9)10(12)13-14/h2-3,6,14H,4-5H2,1H3,(H2,12,13). The molecule has 1 aromatic rings. The molecule has 0 saturated heterocycles. The minimum absolute atomic E-state index is 0.0578. The Hall–Kier alpha value is -0.910. The number of ether oxygens (including phenoxy) is 1. The summed E-state index contributed by atoms with van der Waals surface area (Å²) in [5.41, 5.74) is 6.20. The third kappa shape index (κ3) is 3.59. The lowest BCUT2D eigenvalue weighted by Gasteiger charge is -2.08. The van der Waals surface area contributed by atoms with E-state index >= 15 is 0 Å². The minimum atomic E-state index is 0.0578. The molecule has 0 aliphatic carbocycles. The largest absolute Gasteiger partial charge is 0.409 e. The van der Waals surface area contributed by atoms with Crippen LogP contribution in [0.3, 0.4) is 0 Å². The van der Waals surface area contributed by atoms with Crippen molar-refractivity contribution in [3.05, 3.63) is 28.8 Å². The summed E-state index contributed by atoms with van der Waals surface area (Å²) < 4.78 is 4.96. The highest BCUT2D eigenvalue weighted by Gasteiger charge is 2.08. The molecule has 1 rings (SSSR count). The number of halogens is 1. The van der Waals surface area contributed by atoms with E-state index in [0.717, 1.165) is 10.6 Å². The maximum absolute atomic E-state index is 8.66. The molecule has 0 spiro atoms. The van der Waals surface area contributed by atoms with Crippen molar-refractivity contribution in [2.45, 2.75) is 4.90 Å². The first-order valence-electron chi connectivity index (χ1n) is 4.58. The summed E-state index contributed by atoms with van der Waals surface area (Å²) in [5.74, 6) is 0.853. The minimum Gasteiger partial charge on any atom is -0.409 e. The fourth-order valence-electron chi connectivity index (χ4n) is 1.12. The molecule has 0 fully saturated rings. The van der Waals surface area contributed by atoms with Gasteiger partial charge in [0.25, 0.3) is 0 Å². The van der Waals surface area contributed by atoms with Gasteiger partial charge in [0, 0.05) is 28.3 Å². The van der Waals surface area contributed by atoms with Crippen LogP contribution in [0.4, 0.5) is 0 Å². The van der Waals surface area contributed by atoms with Crippen molar-refractivity contribution in [3.8, 4) is 0 Å². The van der Waals surface area contributed by atoms with Crippen LogP contribution in [0.1, 0.15) is 5.56 Å². The highest BCUT2D eigenvalue weighted by Crippen LogP contribution is 2.25. The molecule has 16 heavy (non-hydrogen) atoms. The third-order valence-electron chi connectivity index (χ3n) is 1.87. The van der Waals surface area contributed by atoms with E-state index < -0.39 is 0 Å². The van der Waals surface area contributed by atoms with Crippen LogP contribution < -0.4 is 5.73 Å². The highest BCUT2D eigenvalue weighted by molar-refractivity contribution is 7.99. The van der Waals surface area contributed by atoms with E-state index in [4.69, 9.17) is 27.3 Å². The van der Waals surface area contributed by atoms with Gasteiger partial charge < -0.3 is 15.7 Å². The van der Waals surface area contributed by atoms with Gasteiger partial charge in [0.2, 0.25) is 0 Å². The molecule has 1 aromatic carbocycles. The zero-order valence-electron chi connectivity index (χ0n) is 8.81. The van der Waals surface area contributed by atoms with Crippen molar-refractivity contribution in [1.29, 1.82) is 0 Å². The number of hydrogen-bond donors (Lipinski definition) is 2. The van der Waals surface area contributed by atoms with E-state index in [-0.39, 0.29) is 5.84 Å². The second kappa shape index (κ2) is 6.62. The molecule has 88 valence electrons. The normalized spacial score (nSPS) is 11.8. The van der Waals surface area contributed by atoms with Crippen molar-refractivity contribution in [2.24, 2.45) is 10.9 Å². The van der Waals surface area contributed by atoms with Gasteiger partial charge >= 0.3 is 0 Å². The molecular formula is C10H13ClN2O2S. The van der Waals surface area contributed by atoms with Crippen LogP contribution in [0.15, 0.2) is 28.3 Å². The average molecular weight is 261 g/mol.